The second-order valence-corrected chi connectivity index (χ2v) is 8.48. The molecule has 194 valence electrons. The number of carbonyl (C=O) groups is 1. The number of benzene rings is 2. The first-order valence-corrected chi connectivity index (χ1v) is 11.6. The van der Waals surface area contributed by atoms with Crippen molar-refractivity contribution in [2.75, 3.05) is 21.3 Å². The fourth-order valence-electron chi connectivity index (χ4n) is 4.48. The first kappa shape index (κ1) is 25.6. The molecule has 0 aliphatic heterocycles. The van der Waals surface area contributed by atoms with Crippen LogP contribution in [-0.4, -0.2) is 41.9 Å². The van der Waals surface area contributed by atoms with Crippen molar-refractivity contribution in [3.05, 3.63) is 75.6 Å². The van der Waals surface area contributed by atoms with Crippen molar-refractivity contribution in [2.45, 2.75) is 25.8 Å². The standard InChI is InChI=1S/C27H29N3O7/c1-15-12-20(31)24(27(33)37-15)17(16-10-11-21(34-3)26(36-5)25(16)35-4)13-23(32)28-14-22-29-18-8-6-7-9-19(18)30(22)2/h6-12,17,31H,13-14H2,1-5H3,(H,28,32)/t17-/m1/s1. The number of aromatic hydroxyl groups is 1. The van der Waals surface area contributed by atoms with Crippen LogP contribution in [0.15, 0.2) is 51.7 Å². The molecule has 1 atom stereocenters. The predicted octanol–water partition coefficient (Wildman–Crippen LogP) is 3.40. The molecule has 2 heterocycles. The van der Waals surface area contributed by atoms with E-state index in [-0.39, 0.29) is 41.7 Å². The number of ether oxygens (including phenoxy) is 3. The molecule has 2 aromatic carbocycles. The number of methoxy groups -OCH3 is 3. The predicted molar refractivity (Wildman–Crippen MR) is 136 cm³/mol. The Morgan fingerprint density at radius 2 is 1.84 bits per heavy atom. The van der Waals surface area contributed by atoms with Crippen molar-refractivity contribution < 1.29 is 28.5 Å². The summed E-state index contributed by atoms with van der Waals surface area (Å²) >= 11 is 0. The van der Waals surface area contributed by atoms with Crippen molar-refractivity contribution in [1.29, 1.82) is 0 Å². The van der Waals surface area contributed by atoms with E-state index < -0.39 is 11.5 Å². The second kappa shape index (κ2) is 10.7. The number of nitrogens with zero attached hydrogens (tertiary/aromatic N) is 2. The number of rotatable bonds is 9. The van der Waals surface area contributed by atoms with E-state index in [0.29, 0.717) is 22.9 Å². The molecule has 2 aromatic heterocycles. The lowest BCUT2D eigenvalue weighted by molar-refractivity contribution is -0.121. The van der Waals surface area contributed by atoms with Crippen molar-refractivity contribution in [3.8, 4) is 23.0 Å². The van der Waals surface area contributed by atoms with E-state index in [1.807, 2.05) is 35.9 Å². The molecule has 0 bridgehead atoms. The summed E-state index contributed by atoms with van der Waals surface area (Å²) in [5, 5.41) is 13.6. The smallest absolute Gasteiger partial charge is 0.343 e. The van der Waals surface area contributed by atoms with Gasteiger partial charge in [-0.15, -0.1) is 0 Å². The van der Waals surface area contributed by atoms with Crippen LogP contribution in [0, 0.1) is 6.92 Å². The summed E-state index contributed by atoms with van der Waals surface area (Å²) in [5.41, 5.74) is 1.41. The quantitative estimate of drug-likeness (QED) is 0.353. The van der Waals surface area contributed by atoms with Gasteiger partial charge in [0.25, 0.3) is 0 Å². The van der Waals surface area contributed by atoms with Crippen molar-refractivity contribution in [2.24, 2.45) is 7.05 Å². The third kappa shape index (κ3) is 4.95. The minimum Gasteiger partial charge on any atom is -0.507 e. The molecule has 0 saturated heterocycles. The van der Waals surface area contributed by atoms with Crippen molar-refractivity contribution in [1.82, 2.24) is 14.9 Å². The Labute approximate surface area is 213 Å². The maximum Gasteiger partial charge on any atom is 0.343 e. The number of nitrogens with one attached hydrogen (secondary N) is 1. The van der Waals surface area contributed by atoms with Gasteiger partial charge in [-0.1, -0.05) is 18.2 Å². The molecule has 0 aliphatic carbocycles. The highest BCUT2D eigenvalue weighted by Crippen LogP contribution is 2.45. The lowest BCUT2D eigenvalue weighted by Gasteiger charge is -2.22. The van der Waals surface area contributed by atoms with Crippen LogP contribution in [0.25, 0.3) is 11.0 Å². The van der Waals surface area contributed by atoms with Gasteiger partial charge in [0.2, 0.25) is 11.7 Å². The molecule has 0 fully saturated rings. The third-order valence-corrected chi connectivity index (χ3v) is 6.26. The number of aromatic nitrogens is 2. The van der Waals surface area contributed by atoms with Gasteiger partial charge in [0.05, 0.1) is 44.5 Å². The summed E-state index contributed by atoms with van der Waals surface area (Å²) in [6.45, 7) is 1.73. The zero-order valence-corrected chi connectivity index (χ0v) is 21.3. The van der Waals surface area contributed by atoms with Crippen LogP contribution in [0.1, 0.15) is 35.1 Å². The van der Waals surface area contributed by atoms with E-state index >= 15 is 0 Å². The number of para-hydroxylation sites is 2. The number of carbonyl (C=O) groups excluding carboxylic acids is 1. The molecular formula is C27H29N3O7. The zero-order valence-electron chi connectivity index (χ0n) is 21.3. The van der Waals surface area contributed by atoms with Gasteiger partial charge in [0, 0.05) is 31.0 Å². The molecule has 4 aromatic rings. The van der Waals surface area contributed by atoms with Gasteiger partial charge in [-0.3, -0.25) is 4.79 Å². The SMILES string of the molecule is COc1ccc([C@@H](CC(=O)NCc2nc3ccccc3n2C)c2c(O)cc(C)oc2=O)c(OC)c1OC. The lowest BCUT2D eigenvalue weighted by atomic mass is 9.87. The largest absolute Gasteiger partial charge is 0.507 e. The van der Waals surface area contributed by atoms with E-state index in [1.165, 1.54) is 27.4 Å². The molecule has 10 nitrogen and oxygen atoms in total. The summed E-state index contributed by atoms with van der Waals surface area (Å²) in [6.07, 6.45) is -0.183. The molecular weight excluding hydrogens is 478 g/mol. The number of amides is 1. The Morgan fingerprint density at radius 3 is 2.49 bits per heavy atom. The van der Waals surface area contributed by atoms with E-state index in [9.17, 15) is 14.7 Å². The summed E-state index contributed by atoms with van der Waals surface area (Å²) in [4.78, 5) is 30.7. The van der Waals surface area contributed by atoms with E-state index in [0.717, 1.165) is 11.0 Å². The molecule has 2 N–H and O–H groups in total. The van der Waals surface area contributed by atoms with Crippen LogP contribution in [0.4, 0.5) is 0 Å². The van der Waals surface area contributed by atoms with Crippen LogP contribution < -0.4 is 25.2 Å². The highest BCUT2D eigenvalue weighted by Gasteiger charge is 2.30. The van der Waals surface area contributed by atoms with Gasteiger partial charge in [-0.05, 0) is 25.1 Å². The minimum absolute atomic E-state index is 0.0611. The lowest BCUT2D eigenvalue weighted by Crippen LogP contribution is -2.28. The van der Waals surface area contributed by atoms with Gasteiger partial charge >= 0.3 is 5.63 Å². The topological polar surface area (TPSA) is 125 Å². The number of hydrogen-bond acceptors (Lipinski definition) is 8. The van der Waals surface area contributed by atoms with Crippen LogP contribution in [-0.2, 0) is 18.4 Å². The van der Waals surface area contributed by atoms with Crippen molar-refractivity contribution in [3.63, 3.8) is 0 Å². The summed E-state index contributed by atoms with van der Waals surface area (Å²) < 4.78 is 23.6. The Hall–Kier alpha value is -4.47. The monoisotopic (exact) mass is 507 g/mol. The number of fused-ring (bicyclic) bond motifs is 1. The molecule has 10 heteroatoms. The zero-order chi connectivity index (χ0) is 26.7. The Balaban J connectivity index is 1.71. The minimum atomic E-state index is -0.910. The van der Waals surface area contributed by atoms with Gasteiger partial charge in [-0.2, -0.15) is 0 Å². The average Bonchev–Trinajstić information content (AvgIpc) is 3.20. The molecule has 4 rings (SSSR count). The van der Waals surface area contributed by atoms with E-state index in [4.69, 9.17) is 18.6 Å². The Bertz CT molecular complexity index is 1510. The molecule has 37 heavy (non-hydrogen) atoms. The summed E-state index contributed by atoms with van der Waals surface area (Å²) in [6, 6.07) is 12.3. The molecule has 0 aliphatic rings. The summed E-state index contributed by atoms with van der Waals surface area (Å²) in [7, 11) is 6.27. The average molecular weight is 508 g/mol. The first-order chi connectivity index (χ1) is 17.8. The molecule has 1 amide bonds. The third-order valence-electron chi connectivity index (χ3n) is 6.26. The molecule has 0 saturated carbocycles. The first-order valence-electron chi connectivity index (χ1n) is 11.6. The van der Waals surface area contributed by atoms with Crippen LogP contribution in [0.2, 0.25) is 0 Å². The second-order valence-electron chi connectivity index (χ2n) is 8.48. The number of hydrogen-bond donors (Lipinski definition) is 2. The van der Waals surface area contributed by atoms with Crippen LogP contribution in [0.5, 0.6) is 23.0 Å². The highest BCUT2D eigenvalue weighted by molar-refractivity contribution is 5.79. The molecule has 0 unspecified atom stereocenters. The Kier molecular flexibility index (Phi) is 7.37. The normalized spacial score (nSPS) is 11.8. The van der Waals surface area contributed by atoms with Gasteiger partial charge in [0.1, 0.15) is 17.3 Å². The molecule has 0 spiro atoms. The maximum absolute atomic E-state index is 13.2. The summed E-state index contributed by atoms with van der Waals surface area (Å²) in [5.74, 6) is 0.341. The van der Waals surface area contributed by atoms with Gasteiger partial charge in [0.15, 0.2) is 11.5 Å². The number of aryl methyl sites for hydroxylation is 2. The fraction of sp³-hybridized carbons (Fsp3) is 0.296. The van der Waals surface area contributed by atoms with Gasteiger partial charge < -0.3 is 33.6 Å². The number of imidazole rings is 1. The van der Waals surface area contributed by atoms with E-state index in [1.54, 1.807) is 19.1 Å². The molecule has 0 radical (unpaired) electrons. The Morgan fingerprint density at radius 1 is 1.11 bits per heavy atom. The highest BCUT2D eigenvalue weighted by atomic mass is 16.5. The fourth-order valence-corrected chi connectivity index (χ4v) is 4.48. The van der Waals surface area contributed by atoms with Crippen molar-refractivity contribution >= 4 is 16.9 Å². The maximum atomic E-state index is 13.2. The van der Waals surface area contributed by atoms with Crippen LogP contribution in [0.3, 0.4) is 0 Å². The van der Waals surface area contributed by atoms with E-state index in [2.05, 4.69) is 10.3 Å². The van der Waals surface area contributed by atoms with Crippen LogP contribution >= 0.6 is 0 Å². The van der Waals surface area contributed by atoms with Gasteiger partial charge in [-0.25, -0.2) is 9.78 Å².